The average molecular weight is 382 g/mol. The van der Waals surface area contributed by atoms with E-state index in [4.69, 9.17) is 17.3 Å². The third-order valence-corrected chi connectivity index (χ3v) is 4.68. The molecular weight excluding hydrogens is 363 g/mol. The molecule has 0 spiro atoms. The second-order valence-corrected chi connectivity index (χ2v) is 6.70. The van der Waals surface area contributed by atoms with Crippen LogP contribution in [0.25, 0.3) is 22.3 Å². The van der Waals surface area contributed by atoms with E-state index >= 15 is 0 Å². The van der Waals surface area contributed by atoms with E-state index in [0.29, 0.717) is 34.8 Å². The largest absolute Gasteiger partial charge is 0.418 e. The quantitative estimate of drug-likeness (QED) is 0.574. The van der Waals surface area contributed by atoms with E-state index < -0.39 is 11.7 Å². The van der Waals surface area contributed by atoms with Crippen molar-refractivity contribution in [1.29, 1.82) is 0 Å². The summed E-state index contributed by atoms with van der Waals surface area (Å²) in [6, 6.07) is 5.99. The molecule has 7 heteroatoms. The summed E-state index contributed by atoms with van der Waals surface area (Å²) in [5.74, 6) is 0. The van der Waals surface area contributed by atoms with Crippen LogP contribution in [0.4, 0.5) is 13.2 Å². The molecule has 26 heavy (non-hydrogen) atoms. The van der Waals surface area contributed by atoms with E-state index in [0.717, 1.165) is 30.0 Å². The highest BCUT2D eigenvalue weighted by atomic mass is 35.5. The zero-order valence-electron chi connectivity index (χ0n) is 14.3. The lowest BCUT2D eigenvalue weighted by Gasteiger charge is -2.09. The van der Waals surface area contributed by atoms with Crippen LogP contribution in [-0.2, 0) is 12.6 Å². The lowest BCUT2D eigenvalue weighted by atomic mass is 10.0. The summed E-state index contributed by atoms with van der Waals surface area (Å²) in [4.78, 5) is 7.32. The third-order valence-electron chi connectivity index (χ3n) is 4.36. The topological polar surface area (TPSA) is 54.7 Å². The lowest BCUT2D eigenvalue weighted by molar-refractivity contribution is -0.136. The van der Waals surface area contributed by atoms with Gasteiger partial charge in [-0.15, -0.1) is 0 Å². The number of hydrogen-bond donors (Lipinski definition) is 2. The number of nitrogens with two attached hydrogens (primary N) is 1. The number of nitrogens with zero attached hydrogens (tertiary/aromatic N) is 1. The number of rotatable bonds is 5. The van der Waals surface area contributed by atoms with Crippen LogP contribution in [0.5, 0.6) is 0 Å². The highest BCUT2D eigenvalue weighted by Crippen LogP contribution is 2.41. The van der Waals surface area contributed by atoms with Gasteiger partial charge in [-0.2, -0.15) is 13.2 Å². The van der Waals surface area contributed by atoms with Crippen LogP contribution < -0.4 is 5.73 Å². The molecule has 0 saturated heterocycles. The Morgan fingerprint density at radius 1 is 1.15 bits per heavy atom. The number of benzene rings is 1. The maximum atomic E-state index is 13.5. The molecule has 2 heterocycles. The Morgan fingerprint density at radius 2 is 1.92 bits per heavy atom. The van der Waals surface area contributed by atoms with Crippen molar-refractivity contribution >= 4 is 22.5 Å². The molecule has 1 aromatic carbocycles. The Labute approximate surface area is 154 Å². The fraction of sp³-hybridized carbons (Fsp3) is 0.316. The smallest absolute Gasteiger partial charge is 0.352 e. The molecule has 0 bridgehead atoms. The van der Waals surface area contributed by atoms with E-state index in [1.165, 1.54) is 6.07 Å². The number of alkyl halides is 3. The molecule has 0 unspecified atom stereocenters. The molecule has 0 saturated carbocycles. The highest BCUT2D eigenvalue weighted by Gasteiger charge is 2.34. The van der Waals surface area contributed by atoms with Gasteiger partial charge in [-0.1, -0.05) is 17.7 Å². The summed E-state index contributed by atoms with van der Waals surface area (Å²) in [5, 5.41) is 0.709. The second kappa shape index (κ2) is 7.29. The molecule has 3 nitrogen and oxygen atoms in total. The summed E-state index contributed by atoms with van der Waals surface area (Å²) >= 11 is 6.29. The summed E-state index contributed by atoms with van der Waals surface area (Å²) < 4.78 is 40.4. The van der Waals surface area contributed by atoms with Gasteiger partial charge in [-0.3, -0.25) is 4.98 Å². The Hall–Kier alpha value is -2.05. The van der Waals surface area contributed by atoms with E-state index in [2.05, 4.69) is 9.97 Å². The van der Waals surface area contributed by atoms with Gasteiger partial charge < -0.3 is 10.7 Å². The first-order valence-electron chi connectivity index (χ1n) is 8.36. The average Bonchev–Trinajstić information content (AvgIpc) is 2.95. The SMILES string of the molecule is Cc1ccc(-c2[nH]c3c(C(F)(F)F)ccc(Cl)c3c2CCCCN)nc1. The molecule has 0 aliphatic carbocycles. The first-order valence-corrected chi connectivity index (χ1v) is 8.74. The molecule has 0 fully saturated rings. The van der Waals surface area contributed by atoms with Crippen LogP contribution in [0.1, 0.15) is 29.5 Å². The molecule has 0 amide bonds. The van der Waals surface area contributed by atoms with Crippen LogP contribution in [0.2, 0.25) is 5.02 Å². The van der Waals surface area contributed by atoms with Gasteiger partial charge in [0.05, 0.1) is 27.5 Å². The predicted octanol–water partition coefficient (Wildman–Crippen LogP) is 5.49. The monoisotopic (exact) mass is 381 g/mol. The molecule has 3 rings (SSSR count). The predicted molar refractivity (Wildman–Crippen MR) is 98.3 cm³/mol. The Bertz CT molecular complexity index is 914. The van der Waals surface area contributed by atoms with Gasteiger partial charge >= 0.3 is 6.18 Å². The maximum Gasteiger partial charge on any atom is 0.418 e. The lowest BCUT2D eigenvalue weighted by Crippen LogP contribution is -2.05. The van der Waals surface area contributed by atoms with E-state index in [1.54, 1.807) is 12.3 Å². The Morgan fingerprint density at radius 3 is 2.54 bits per heavy atom. The number of aryl methyl sites for hydroxylation is 2. The van der Waals surface area contributed by atoms with E-state index in [-0.39, 0.29) is 5.52 Å². The van der Waals surface area contributed by atoms with Crippen LogP contribution in [0.3, 0.4) is 0 Å². The number of unbranched alkanes of at least 4 members (excludes halogenated alkanes) is 1. The molecule has 0 atom stereocenters. The fourth-order valence-corrected chi connectivity index (χ4v) is 3.37. The zero-order chi connectivity index (χ0) is 18.9. The van der Waals surface area contributed by atoms with Crippen LogP contribution >= 0.6 is 11.6 Å². The van der Waals surface area contributed by atoms with Crippen molar-refractivity contribution in [3.63, 3.8) is 0 Å². The van der Waals surface area contributed by atoms with Crippen LogP contribution in [0.15, 0.2) is 30.5 Å². The number of fused-ring (bicyclic) bond motifs is 1. The van der Waals surface area contributed by atoms with Crippen molar-refractivity contribution in [3.05, 3.63) is 52.2 Å². The van der Waals surface area contributed by atoms with Crippen LogP contribution in [-0.4, -0.2) is 16.5 Å². The number of nitrogens with one attached hydrogen (secondary N) is 1. The second-order valence-electron chi connectivity index (χ2n) is 6.29. The minimum Gasteiger partial charge on any atom is -0.352 e. The van der Waals surface area contributed by atoms with Crippen molar-refractivity contribution in [2.75, 3.05) is 6.54 Å². The number of pyridine rings is 1. The summed E-state index contributed by atoms with van der Waals surface area (Å²) in [7, 11) is 0. The molecule has 3 N–H and O–H groups in total. The fourth-order valence-electron chi connectivity index (χ4n) is 3.09. The number of aromatic amines is 1. The van der Waals surface area contributed by atoms with Gasteiger partial charge in [0.2, 0.25) is 0 Å². The number of hydrogen-bond acceptors (Lipinski definition) is 2. The normalized spacial score (nSPS) is 12.1. The summed E-state index contributed by atoms with van der Waals surface area (Å²) in [5.41, 5.74) is 7.74. The summed E-state index contributed by atoms with van der Waals surface area (Å²) in [6.45, 7) is 2.44. The molecule has 2 aromatic heterocycles. The van der Waals surface area contributed by atoms with Crippen molar-refractivity contribution in [2.45, 2.75) is 32.4 Å². The van der Waals surface area contributed by atoms with Crippen molar-refractivity contribution in [3.8, 4) is 11.4 Å². The molecule has 3 aromatic rings. The maximum absolute atomic E-state index is 13.5. The summed E-state index contributed by atoms with van der Waals surface area (Å²) in [6.07, 6.45) is -0.668. The molecular formula is C19H19ClF3N3. The number of aromatic nitrogens is 2. The zero-order valence-corrected chi connectivity index (χ0v) is 15.0. The molecule has 0 aliphatic heterocycles. The van der Waals surface area contributed by atoms with Gasteiger partial charge in [0.25, 0.3) is 0 Å². The van der Waals surface area contributed by atoms with Gasteiger partial charge in [0, 0.05) is 11.6 Å². The van der Waals surface area contributed by atoms with E-state index in [1.807, 2.05) is 13.0 Å². The van der Waals surface area contributed by atoms with Gasteiger partial charge in [-0.05, 0) is 62.1 Å². The molecule has 138 valence electrons. The minimum absolute atomic E-state index is 0.00474. The molecule has 0 radical (unpaired) electrons. The van der Waals surface area contributed by atoms with Crippen molar-refractivity contribution in [2.24, 2.45) is 5.73 Å². The number of halogens is 4. The first kappa shape index (κ1) is 18.7. The Balaban J connectivity index is 2.26. The highest BCUT2D eigenvalue weighted by molar-refractivity contribution is 6.36. The Kier molecular flexibility index (Phi) is 5.25. The van der Waals surface area contributed by atoms with E-state index in [9.17, 15) is 13.2 Å². The third kappa shape index (κ3) is 3.57. The van der Waals surface area contributed by atoms with Crippen molar-refractivity contribution < 1.29 is 13.2 Å². The van der Waals surface area contributed by atoms with Crippen LogP contribution in [0, 0.1) is 6.92 Å². The number of H-pyrrole nitrogens is 1. The van der Waals surface area contributed by atoms with Gasteiger partial charge in [0.1, 0.15) is 0 Å². The first-order chi connectivity index (χ1) is 12.3. The standard InChI is InChI=1S/C19H19ClF3N3/c1-11-5-8-15(25-10-11)17-12(4-2-3-9-24)16-14(20)7-6-13(18(16)26-17)19(21,22)23/h5-8,10,26H,2-4,9,24H2,1H3. The van der Waals surface area contributed by atoms with Gasteiger partial charge in [-0.25, -0.2) is 0 Å². The molecule has 0 aliphatic rings. The van der Waals surface area contributed by atoms with Crippen molar-refractivity contribution in [1.82, 2.24) is 9.97 Å². The minimum atomic E-state index is -4.47. The van der Waals surface area contributed by atoms with Gasteiger partial charge in [0.15, 0.2) is 0 Å².